The smallest absolute Gasteiger partial charge is 0.261 e. The van der Waals surface area contributed by atoms with Gasteiger partial charge in [0.15, 0.2) is 11.5 Å². The van der Waals surface area contributed by atoms with E-state index >= 15 is 0 Å². The van der Waals surface area contributed by atoms with Crippen molar-refractivity contribution in [3.63, 3.8) is 0 Å². The fraction of sp³-hybridized carbons (Fsp3) is 0.208. The normalized spacial score (nSPS) is 11.0. The maximum atomic E-state index is 12.7. The molecule has 2 N–H and O–H groups in total. The Labute approximate surface area is 188 Å². The van der Waals surface area contributed by atoms with Gasteiger partial charge < -0.3 is 14.8 Å². The fourth-order valence-corrected chi connectivity index (χ4v) is 4.39. The third-order valence-corrected chi connectivity index (χ3v) is 6.40. The zero-order chi connectivity index (χ0) is 23.1. The van der Waals surface area contributed by atoms with Crippen molar-refractivity contribution in [3.8, 4) is 11.5 Å². The molecule has 0 spiro atoms. The zero-order valence-corrected chi connectivity index (χ0v) is 19.0. The van der Waals surface area contributed by atoms with Crippen LogP contribution in [0.25, 0.3) is 0 Å². The van der Waals surface area contributed by atoms with Crippen LogP contribution >= 0.6 is 0 Å². The van der Waals surface area contributed by atoms with Gasteiger partial charge in [-0.2, -0.15) is 0 Å². The highest BCUT2D eigenvalue weighted by Crippen LogP contribution is 2.27. The molecule has 8 heteroatoms. The molecule has 1 amide bonds. The molecular formula is C24H26N2O5S. The molecule has 0 unspecified atom stereocenters. The van der Waals surface area contributed by atoms with Crippen LogP contribution in [0.4, 0.5) is 5.69 Å². The summed E-state index contributed by atoms with van der Waals surface area (Å²) in [5.74, 6) is 1.000. The van der Waals surface area contributed by atoms with Crippen LogP contribution in [-0.4, -0.2) is 35.1 Å². The van der Waals surface area contributed by atoms with Crippen LogP contribution in [0, 0.1) is 6.92 Å². The van der Waals surface area contributed by atoms with Crippen molar-refractivity contribution < 1.29 is 22.7 Å². The second-order valence-corrected chi connectivity index (χ2v) is 8.77. The summed E-state index contributed by atoms with van der Waals surface area (Å²) in [6.45, 7) is 2.12. The molecule has 0 saturated heterocycles. The number of benzene rings is 3. The molecule has 0 bridgehead atoms. The van der Waals surface area contributed by atoms with Crippen molar-refractivity contribution >= 4 is 21.6 Å². The summed E-state index contributed by atoms with van der Waals surface area (Å²) >= 11 is 0. The Balaban J connectivity index is 1.68. The number of nitrogens with one attached hydrogen (secondary N) is 2. The topological polar surface area (TPSA) is 93.7 Å². The number of carbonyl (C=O) groups is 1. The van der Waals surface area contributed by atoms with E-state index in [4.69, 9.17) is 9.47 Å². The average Bonchev–Trinajstić information content (AvgIpc) is 2.80. The van der Waals surface area contributed by atoms with E-state index in [1.165, 1.54) is 12.1 Å². The molecule has 0 atom stereocenters. The molecule has 0 aliphatic carbocycles. The van der Waals surface area contributed by atoms with Crippen LogP contribution in [0.2, 0.25) is 0 Å². The Kier molecular flexibility index (Phi) is 7.37. The van der Waals surface area contributed by atoms with E-state index in [0.717, 1.165) is 5.56 Å². The predicted molar refractivity (Wildman–Crippen MR) is 124 cm³/mol. The summed E-state index contributed by atoms with van der Waals surface area (Å²) < 4.78 is 38.4. The second-order valence-electron chi connectivity index (χ2n) is 7.09. The molecule has 0 fully saturated rings. The minimum atomic E-state index is -3.75. The van der Waals surface area contributed by atoms with E-state index in [-0.39, 0.29) is 10.8 Å². The summed E-state index contributed by atoms with van der Waals surface area (Å²) in [6.07, 6.45) is 0.603. The monoisotopic (exact) mass is 454 g/mol. The van der Waals surface area contributed by atoms with Gasteiger partial charge in [-0.05, 0) is 60.9 Å². The van der Waals surface area contributed by atoms with Gasteiger partial charge in [-0.25, -0.2) is 8.42 Å². The predicted octanol–water partition coefficient (Wildman–Crippen LogP) is 3.79. The van der Waals surface area contributed by atoms with Crippen molar-refractivity contribution in [2.45, 2.75) is 18.2 Å². The van der Waals surface area contributed by atoms with Crippen LogP contribution in [0.1, 0.15) is 21.5 Å². The number of rotatable bonds is 9. The van der Waals surface area contributed by atoms with E-state index in [0.29, 0.717) is 41.3 Å². The fourth-order valence-electron chi connectivity index (χ4n) is 3.25. The maximum Gasteiger partial charge on any atom is 0.261 e. The number of sulfonamides is 1. The molecule has 0 aromatic heterocycles. The Morgan fingerprint density at radius 1 is 0.906 bits per heavy atom. The highest BCUT2D eigenvalue weighted by molar-refractivity contribution is 7.92. The van der Waals surface area contributed by atoms with Crippen molar-refractivity contribution in [1.82, 2.24) is 5.32 Å². The highest BCUT2D eigenvalue weighted by Gasteiger charge is 2.17. The molecule has 168 valence electrons. The molecule has 7 nitrogen and oxygen atoms in total. The number of anilines is 1. The first-order valence-corrected chi connectivity index (χ1v) is 11.5. The van der Waals surface area contributed by atoms with Gasteiger partial charge >= 0.3 is 0 Å². The third kappa shape index (κ3) is 5.39. The van der Waals surface area contributed by atoms with E-state index in [1.54, 1.807) is 57.5 Å². The van der Waals surface area contributed by atoms with Crippen LogP contribution in [0.5, 0.6) is 11.5 Å². The number of methoxy groups -OCH3 is 2. The number of hydrogen-bond donors (Lipinski definition) is 2. The lowest BCUT2D eigenvalue weighted by Gasteiger charge is -2.14. The molecule has 0 aliphatic rings. The van der Waals surface area contributed by atoms with Crippen molar-refractivity contribution in [2.24, 2.45) is 0 Å². The van der Waals surface area contributed by atoms with Crippen LogP contribution < -0.4 is 19.5 Å². The summed E-state index contributed by atoms with van der Waals surface area (Å²) in [5, 5.41) is 2.89. The first kappa shape index (κ1) is 23.1. The Morgan fingerprint density at radius 3 is 2.31 bits per heavy atom. The van der Waals surface area contributed by atoms with E-state index in [2.05, 4.69) is 10.0 Å². The van der Waals surface area contributed by atoms with Crippen molar-refractivity contribution in [3.05, 3.63) is 83.4 Å². The lowest BCUT2D eigenvalue weighted by atomic mass is 10.1. The van der Waals surface area contributed by atoms with Gasteiger partial charge in [-0.3, -0.25) is 9.52 Å². The molecule has 0 heterocycles. The molecular weight excluding hydrogens is 428 g/mol. The van der Waals surface area contributed by atoms with E-state index in [9.17, 15) is 13.2 Å². The van der Waals surface area contributed by atoms with Gasteiger partial charge in [0.1, 0.15) is 0 Å². The van der Waals surface area contributed by atoms with Crippen LogP contribution in [-0.2, 0) is 16.4 Å². The largest absolute Gasteiger partial charge is 0.493 e. The average molecular weight is 455 g/mol. The number of hydrogen-bond acceptors (Lipinski definition) is 5. The molecule has 3 aromatic carbocycles. The maximum absolute atomic E-state index is 12.7. The molecule has 0 saturated carbocycles. The zero-order valence-electron chi connectivity index (χ0n) is 18.2. The molecule has 32 heavy (non-hydrogen) atoms. The molecule has 3 rings (SSSR count). The minimum Gasteiger partial charge on any atom is -0.493 e. The van der Waals surface area contributed by atoms with Gasteiger partial charge in [0.25, 0.3) is 15.9 Å². The summed E-state index contributed by atoms with van der Waals surface area (Å²) in [7, 11) is -0.595. The van der Waals surface area contributed by atoms with Gasteiger partial charge in [0, 0.05) is 12.1 Å². The van der Waals surface area contributed by atoms with Crippen LogP contribution in [0.3, 0.4) is 0 Å². The number of ether oxygens (including phenoxy) is 2. The highest BCUT2D eigenvalue weighted by atomic mass is 32.2. The molecule has 3 aromatic rings. The van der Waals surface area contributed by atoms with E-state index < -0.39 is 10.0 Å². The third-order valence-electron chi connectivity index (χ3n) is 5.02. The van der Waals surface area contributed by atoms with Crippen molar-refractivity contribution in [1.29, 1.82) is 0 Å². The SMILES string of the molecule is COc1ccc(CCNC(=O)c2cccc(NS(=O)(=O)c3ccccc3)c2C)cc1OC. The van der Waals surface area contributed by atoms with Crippen molar-refractivity contribution in [2.75, 3.05) is 25.5 Å². The minimum absolute atomic E-state index is 0.157. The summed E-state index contributed by atoms with van der Waals surface area (Å²) in [5.41, 5.74) is 2.31. The number of carbonyl (C=O) groups excluding carboxylic acids is 1. The van der Waals surface area contributed by atoms with E-state index in [1.807, 2.05) is 18.2 Å². The van der Waals surface area contributed by atoms with Gasteiger partial charge in [-0.1, -0.05) is 30.3 Å². The first-order chi connectivity index (χ1) is 15.4. The van der Waals surface area contributed by atoms with Gasteiger partial charge in [0.2, 0.25) is 0 Å². The molecule has 0 radical (unpaired) electrons. The number of amides is 1. The Hall–Kier alpha value is -3.52. The standard InChI is InChI=1S/C24H26N2O5S/c1-17-20(10-7-11-21(17)26-32(28,29)19-8-5-4-6-9-19)24(27)25-15-14-18-12-13-22(30-2)23(16-18)31-3/h4-13,16,26H,14-15H2,1-3H3,(H,25,27). The second kappa shape index (κ2) is 10.2. The van der Waals surface area contributed by atoms with Gasteiger partial charge in [-0.15, -0.1) is 0 Å². The van der Waals surface area contributed by atoms with Crippen LogP contribution in [0.15, 0.2) is 71.6 Å². The summed E-state index contributed by atoms with van der Waals surface area (Å²) in [4.78, 5) is 12.9. The quantitative estimate of drug-likeness (QED) is 0.513. The lowest BCUT2D eigenvalue weighted by Crippen LogP contribution is -2.26. The van der Waals surface area contributed by atoms with Gasteiger partial charge in [0.05, 0.1) is 24.8 Å². The first-order valence-electron chi connectivity index (χ1n) is 10.0. The molecule has 0 aliphatic heterocycles. The Morgan fingerprint density at radius 2 is 1.62 bits per heavy atom. The Bertz CT molecular complexity index is 1190. The summed E-state index contributed by atoms with van der Waals surface area (Å²) in [6, 6.07) is 18.7. The lowest BCUT2D eigenvalue weighted by molar-refractivity contribution is 0.0953.